The number of furan rings is 1. The van der Waals surface area contributed by atoms with Gasteiger partial charge in [0.1, 0.15) is 0 Å². The highest BCUT2D eigenvalue weighted by molar-refractivity contribution is 7.13. The molecular formula is C18H12N2O4S. The Morgan fingerprint density at radius 2 is 2.00 bits per heavy atom. The third-order valence-electron chi connectivity index (χ3n) is 3.94. The van der Waals surface area contributed by atoms with Crippen molar-refractivity contribution < 1.29 is 19.1 Å². The van der Waals surface area contributed by atoms with E-state index in [-0.39, 0.29) is 11.3 Å². The van der Waals surface area contributed by atoms with Crippen LogP contribution in [-0.4, -0.2) is 21.8 Å². The Hall–Kier alpha value is -3.19. The van der Waals surface area contributed by atoms with Crippen LogP contribution in [0.2, 0.25) is 0 Å². The van der Waals surface area contributed by atoms with Gasteiger partial charge in [0.2, 0.25) is 5.78 Å². The average molecular weight is 352 g/mol. The van der Waals surface area contributed by atoms with Gasteiger partial charge in [0, 0.05) is 11.6 Å². The van der Waals surface area contributed by atoms with Gasteiger partial charge in [0.25, 0.3) is 5.91 Å². The lowest BCUT2D eigenvalue weighted by Gasteiger charge is -2.24. The number of Topliss-reactive ketones (excluding diaryl/α,β-unsaturated/α-hetero) is 1. The number of benzene rings is 1. The van der Waals surface area contributed by atoms with Gasteiger partial charge in [-0.15, -0.1) is 11.3 Å². The fourth-order valence-electron chi connectivity index (χ4n) is 2.86. The van der Waals surface area contributed by atoms with Crippen molar-refractivity contribution in [1.29, 1.82) is 0 Å². The Kier molecular flexibility index (Phi) is 3.70. The van der Waals surface area contributed by atoms with Crippen LogP contribution in [0.25, 0.3) is 0 Å². The first-order valence-electron chi connectivity index (χ1n) is 7.48. The average Bonchev–Trinajstić information content (AvgIpc) is 3.37. The van der Waals surface area contributed by atoms with Crippen molar-refractivity contribution in [2.45, 2.75) is 6.04 Å². The van der Waals surface area contributed by atoms with E-state index in [2.05, 4.69) is 4.98 Å². The molecule has 3 aromatic rings. The number of nitrogens with zero attached hydrogens (tertiary/aromatic N) is 2. The van der Waals surface area contributed by atoms with Crippen molar-refractivity contribution in [3.05, 3.63) is 83.0 Å². The summed E-state index contributed by atoms with van der Waals surface area (Å²) in [6.45, 7) is 0. The van der Waals surface area contributed by atoms with E-state index in [4.69, 9.17) is 4.42 Å². The maximum atomic E-state index is 12.9. The van der Waals surface area contributed by atoms with Crippen LogP contribution < -0.4 is 4.90 Å². The number of carbonyl (C=O) groups is 2. The summed E-state index contributed by atoms with van der Waals surface area (Å²) in [5, 5.41) is 12.6. The largest absolute Gasteiger partial charge is 0.503 e. The number of hydrogen-bond acceptors (Lipinski definition) is 6. The number of anilines is 1. The second kappa shape index (κ2) is 6.03. The second-order valence-corrected chi connectivity index (χ2v) is 6.24. The SMILES string of the molecule is O=C(C1=C(O)C(=O)N(c2nccs2)[C@@H]1c1ccccc1)c1ccco1. The van der Waals surface area contributed by atoms with Crippen LogP contribution in [0.1, 0.15) is 22.2 Å². The molecule has 1 aromatic carbocycles. The van der Waals surface area contributed by atoms with E-state index in [0.717, 1.165) is 0 Å². The van der Waals surface area contributed by atoms with E-state index in [1.54, 1.807) is 29.8 Å². The molecule has 0 radical (unpaired) electrons. The molecule has 6 nitrogen and oxygen atoms in total. The number of hydrogen-bond donors (Lipinski definition) is 1. The first-order chi connectivity index (χ1) is 12.2. The fourth-order valence-corrected chi connectivity index (χ4v) is 3.53. The number of aromatic nitrogens is 1. The molecule has 3 heterocycles. The zero-order chi connectivity index (χ0) is 17.4. The lowest BCUT2D eigenvalue weighted by molar-refractivity contribution is -0.117. The van der Waals surface area contributed by atoms with E-state index >= 15 is 0 Å². The minimum absolute atomic E-state index is 0.0126. The molecule has 1 N–H and O–H groups in total. The number of carbonyl (C=O) groups excluding carboxylic acids is 2. The molecule has 1 aliphatic rings. The summed E-state index contributed by atoms with van der Waals surface area (Å²) in [5.41, 5.74) is 0.686. The first kappa shape index (κ1) is 15.3. The Morgan fingerprint density at radius 1 is 1.20 bits per heavy atom. The van der Waals surface area contributed by atoms with Gasteiger partial charge in [0.05, 0.1) is 17.9 Å². The molecule has 4 rings (SSSR count). The number of amides is 1. The number of aliphatic hydroxyl groups excluding tert-OH is 1. The molecule has 0 bridgehead atoms. The molecule has 1 atom stereocenters. The minimum atomic E-state index is -0.766. The second-order valence-electron chi connectivity index (χ2n) is 5.37. The molecule has 25 heavy (non-hydrogen) atoms. The summed E-state index contributed by atoms with van der Waals surface area (Å²) in [7, 11) is 0. The van der Waals surface area contributed by atoms with Crippen molar-refractivity contribution in [2.75, 3.05) is 4.90 Å². The molecule has 0 aliphatic carbocycles. The van der Waals surface area contributed by atoms with Gasteiger partial charge >= 0.3 is 0 Å². The van der Waals surface area contributed by atoms with E-state index in [1.807, 2.05) is 18.2 Å². The molecular weight excluding hydrogens is 340 g/mol. The van der Waals surface area contributed by atoms with Gasteiger partial charge in [-0.1, -0.05) is 30.3 Å². The summed E-state index contributed by atoms with van der Waals surface area (Å²) < 4.78 is 5.16. The van der Waals surface area contributed by atoms with Crippen molar-refractivity contribution in [2.24, 2.45) is 0 Å². The van der Waals surface area contributed by atoms with E-state index in [1.165, 1.54) is 28.6 Å². The predicted molar refractivity (Wildman–Crippen MR) is 91.5 cm³/mol. The van der Waals surface area contributed by atoms with Crippen LogP contribution in [0.5, 0.6) is 0 Å². The van der Waals surface area contributed by atoms with Gasteiger partial charge in [-0.05, 0) is 17.7 Å². The zero-order valence-electron chi connectivity index (χ0n) is 12.8. The maximum absolute atomic E-state index is 12.9. The Balaban J connectivity index is 1.88. The molecule has 0 spiro atoms. The summed E-state index contributed by atoms with van der Waals surface area (Å²) in [6, 6.07) is 11.4. The molecule has 0 unspecified atom stereocenters. The van der Waals surface area contributed by atoms with Crippen LogP contribution in [0, 0.1) is 0 Å². The van der Waals surface area contributed by atoms with Gasteiger partial charge in [-0.25, -0.2) is 4.98 Å². The first-order valence-corrected chi connectivity index (χ1v) is 8.36. The van der Waals surface area contributed by atoms with Gasteiger partial charge < -0.3 is 9.52 Å². The normalized spacial score (nSPS) is 17.4. The topological polar surface area (TPSA) is 83.6 Å². The quantitative estimate of drug-likeness (QED) is 0.726. The van der Waals surface area contributed by atoms with Gasteiger partial charge in [-0.3, -0.25) is 14.5 Å². The number of thiazole rings is 1. The summed E-state index contributed by atoms with van der Waals surface area (Å²) >= 11 is 1.26. The summed E-state index contributed by atoms with van der Waals surface area (Å²) in [4.78, 5) is 31.0. The molecule has 0 saturated carbocycles. The van der Waals surface area contributed by atoms with Crippen LogP contribution in [0.15, 0.2) is 76.1 Å². The lowest BCUT2D eigenvalue weighted by atomic mass is 9.95. The smallest absolute Gasteiger partial charge is 0.296 e. The Morgan fingerprint density at radius 3 is 2.64 bits per heavy atom. The van der Waals surface area contributed by atoms with Crippen molar-refractivity contribution >= 4 is 28.2 Å². The number of rotatable bonds is 4. The Labute approximate surface area is 146 Å². The summed E-state index contributed by atoms with van der Waals surface area (Å²) in [5.74, 6) is -1.69. The van der Waals surface area contributed by atoms with E-state index in [0.29, 0.717) is 10.7 Å². The number of ketones is 1. The summed E-state index contributed by atoms with van der Waals surface area (Å²) in [6.07, 6.45) is 2.94. The highest BCUT2D eigenvalue weighted by Gasteiger charge is 2.46. The lowest BCUT2D eigenvalue weighted by Crippen LogP contribution is -2.30. The van der Waals surface area contributed by atoms with Gasteiger partial charge in [-0.2, -0.15) is 0 Å². The Bertz CT molecular complexity index is 946. The highest BCUT2D eigenvalue weighted by atomic mass is 32.1. The zero-order valence-corrected chi connectivity index (χ0v) is 13.6. The molecule has 7 heteroatoms. The standard InChI is InChI=1S/C18H12N2O4S/c21-15(12-7-4-9-24-12)13-14(11-5-2-1-3-6-11)20(17(23)16(13)22)18-19-8-10-25-18/h1-10,14,22H/t14-/m1/s1. The van der Waals surface area contributed by atoms with Crippen LogP contribution in [0.4, 0.5) is 5.13 Å². The van der Waals surface area contributed by atoms with Crippen molar-refractivity contribution in [1.82, 2.24) is 4.98 Å². The molecule has 1 aliphatic heterocycles. The fraction of sp³-hybridized carbons (Fsp3) is 0.0556. The third-order valence-corrected chi connectivity index (χ3v) is 4.71. The molecule has 2 aromatic heterocycles. The minimum Gasteiger partial charge on any atom is -0.503 e. The maximum Gasteiger partial charge on any atom is 0.296 e. The van der Waals surface area contributed by atoms with Gasteiger partial charge in [0.15, 0.2) is 16.7 Å². The molecule has 0 fully saturated rings. The van der Waals surface area contributed by atoms with Crippen molar-refractivity contribution in [3.63, 3.8) is 0 Å². The van der Waals surface area contributed by atoms with Crippen LogP contribution >= 0.6 is 11.3 Å². The molecule has 0 saturated heterocycles. The predicted octanol–water partition coefficient (Wildman–Crippen LogP) is 3.52. The number of aliphatic hydroxyl groups is 1. The van der Waals surface area contributed by atoms with Crippen LogP contribution in [0.3, 0.4) is 0 Å². The molecule has 1 amide bonds. The monoisotopic (exact) mass is 352 g/mol. The molecule has 124 valence electrons. The highest BCUT2D eigenvalue weighted by Crippen LogP contribution is 2.42. The van der Waals surface area contributed by atoms with E-state index in [9.17, 15) is 14.7 Å². The van der Waals surface area contributed by atoms with Crippen molar-refractivity contribution in [3.8, 4) is 0 Å². The van der Waals surface area contributed by atoms with E-state index < -0.39 is 23.5 Å². The third kappa shape index (κ3) is 2.45. The van der Waals surface area contributed by atoms with Crippen LogP contribution in [-0.2, 0) is 4.79 Å².